The molecule has 0 radical (unpaired) electrons. The third kappa shape index (κ3) is 4.18. The molecule has 2 aromatic heterocycles. The summed E-state index contributed by atoms with van der Waals surface area (Å²) in [6, 6.07) is 16.0. The van der Waals surface area contributed by atoms with Gasteiger partial charge in [-0.1, -0.05) is 23.7 Å². The molecule has 2 aromatic carbocycles. The van der Waals surface area contributed by atoms with E-state index < -0.39 is 0 Å². The molecule has 0 spiro atoms. The summed E-state index contributed by atoms with van der Waals surface area (Å²) in [5.74, 6) is 1.46. The Labute approximate surface area is 194 Å². The fourth-order valence-corrected chi connectivity index (χ4v) is 3.85. The van der Waals surface area contributed by atoms with Gasteiger partial charge in [0.1, 0.15) is 17.3 Å². The van der Waals surface area contributed by atoms with Crippen molar-refractivity contribution in [3.63, 3.8) is 0 Å². The van der Waals surface area contributed by atoms with E-state index in [0.29, 0.717) is 39.9 Å². The van der Waals surface area contributed by atoms with E-state index in [1.807, 2.05) is 29.9 Å². The van der Waals surface area contributed by atoms with Crippen molar-refractivity contribution < 1.29 is 14.0 Å². The predicted molar refractivity (Wildman–Crippen MR) is 126 cm³/mol. The molecule has 33 heavy (non-hydrogen) atoms. The number of imidazole rings is 1. The number of carbonyl (C=O) groups excluding carboxylic acids is 2. The third-order valence-electron chi connectivity index (χ3n) is 5.42. The standard InChI is InChI=1S/C25H19ClN4O3/c1-30-10-9-27-23(30)14-28-24(31)16-4-2-3-15(11-16)22-8-6-18(33-22)13-20-19-12-17(26)5-7-21(19)29-25(20)32/h2-13H,14H2,1H3,(H,28,31)(H,29,32)/b20-13+. The van der Waals surface area contributed by atoms with Gasteiger partial charge in [0.15, 0.2) is 0 Å². The van der Waals surface area contributed by atoms with Gasteiger partial charge in [0.05, 0.1) is 12.1 Å². The first-order valence-corrected chi connectivity index (χ1v) is 10.6. The molecule has 0 aliphatic carbocycles. The van der Waals surface area contributed by atoms with Crippen LogP contribution in [0.25, 0.3) is 23.0 Å². The number of hydrogen-bond donors (Lipinski definition) is 2. The minimum atomic E-state index is -0.211. The van der Waals surface area contributed by atoms with Crippen molar-refractivity contribution in [2.45, 2.75) is 6.54 Å². The Morgan fingerprint density at radius 3 is 2.91 bits per heavy atom. The van der Waals surface area contributed by atoms with Crippen LogP contribution in [0.3, 0.4) is 0 Å². The average molecular weight is 459 g/mol. The second kappa shape index (κ2) is 8.44. The van der Waals surface area contributed by atoms with Crippen LogP contribution >= 0.6 is 11.6 Å². The molecule has 1 aliphatic heterocycles. The number of furan rings is 1. The first-order valence-electron chi connectivity index (χ1n) is 10.3. The molecule has 2 N–H and O–H groups in total. The van der Waals surface area contributed by atoms with Crippen molar-refractivity contribution in [2.75, 3.05) is 5.32 Å². The van der Waals surface area contributed by atoms with Crippen molar-refractivity contribution in [1.82, 2.24) is 14.9 Å². The van der Waals surface area contributed by atoms with Crippen molar-refractivity contribution in [3.05, 3.63) is 94.7 Å². The van der Waals surface area contributed by atoms with Crippen LogP contribution in [-0.2, 0) is 18.4 Å². The molecule has 1 aliphatic rings. The smallest absolute Gasteiger partial charge is 0.256 e. The lowest BCUT2D eigenvalue weighted by molar-refractivity contribution is -0.110. The first-order chi connectivity index (χ1) is 16.0. The van der Waals surface area contributed by atoms with E-state index in [1.165, 1.54) is 0 Å². The number of nitrogens with one attached hydrogen (secondary N) is 2. The monoisotopic (exact) mass is 458 g/mol. The number of aromatic nitrogens is 2. The Hall–Kier alpha value is -4.10. The largest absolute Gasteiger partial charge is 0.457 e. The van der Waals surface area contributed by atoms with Crippen LogP contribution in [-0.4, -0.2) is 21.4 Å². The number of carbonyl (C=O) groups is 2. The quantitative estimate of drug-likeness (QED) is 0.422. The van der Waals surface area contributed by atoms with Crippen molar-refractivity contribution in [1.29, 1.82) is 0 Å². The SMILES string of the molecule is Cn1ccnc1CNC(=O)c1cccc(-c2ccc(/C=C3/C(=O)Nc4ccc(Cl)cc43)o2)c1. The van der Waals surface area contributed by atoms with E-state index in [2.05, 4.69) is 15.6 Å². The second-order valence-electron chi connectivity index (χ2n) is 7.62. The lowest BCUT2D eigenvalue weighted by atomic mass is 10.1. The van der Waals surface area contributed by atoms with Crippen LogP contribution in [0.4, 0.5) is 5.69 Å². The molecule has 0 saturated carbocycles. The van der Waals surface area contributed by atoms with Gasteiger partial charge in [0, 0.05) is 46.8 Å². The molecular weight excluding hydrogens is 440 g/mol. The van der Waals surface area contributed by atoms with E-state index in [-0.39, 0.29) is 11.8 Å². The number of amides is 2. The van der Waals surface area contributed by atoms with Crippen LogP contribution in [0.2, 0.25) is 5.02 Å². The fraction of sp³-hybridized carbons (Fsp3) is 0.0800. The lowest BCUT2D eigenvalue weighted by Gasteiger charge is -2.06. The zero-order valence-corrected chi connectivity index (χ0v) is 18.4. The zero-order valence-electron chi connectivity index (χ0n) is 17.6. The van der Waals surface area contributed by atoms with Gasteiger partial charge in [0.2, 0.25) is 0 Å². The van der Waals surface area contributed by atoms with E-state index in [1.54, 1.807) is 54.7 Å². The second-order valence-corrected chi connectivity index (χ2v) is 8.06. The maximum atomic E-state index is 12.6. The number of aryl methyl sites for hydroxylation is 1. The van der Waals surface area contributed by atoms with Crippen LogP contribution < -0.4 is 10.6 Å². The summed E-state index contributed by atoms with van der Waals surface area (Å²) in [6.45, 7) is 0.332. The van der Waals surface area contributed by atoms with Gasteiger partial charge in [-0.3, -0.25) is 9.59 Å². The Bertz CT molecular complexity index is 1420. The maximum Gasteiger partial charge on any atom is 0.256 e. The summed E-state index contributed by atoms with van der Waals surface area (Å²) in [5, 5.41) is 6.25. The number of hydrogen-bond acceptors (Lipinski definition) is 4. The van der Waals surface area contributed by atoms with Crippen molar-refractivity contribution in [3.8, 4) is 11.3 Å². The molecule has 0 bridgehead atoms. The Balaban J connectivity index is 1.36. The van der Waals surface area contributed by atoms with Crippen LogP contribution in [0.5, 0.6) is 0 Å². The highest BCUT2D eigenvalue weighted by Crippen LogP contribution is 2.35. The third-order valence-corrected chi connectivity index (χ3v) is 5.65. The first kappa shape index (κ1) is 20.8. The topological polar surface area (TPSA) is 89.2 Å². The Morgan fingerprint density at radius 2 is 2.09 bits per heavy atom. The minimum absolute atomic E-state index is 0.204. The zero-order chi connectivity index (χ0) is 22.9. The number of fused-ring (bicyclic) bond motifs is 1. The maximum absolute atomic E-state index is 12.6. The molecule has 0 atom stereocenters. The molecule has 4 aromatic rings. The van der Waals surface area contributed by atoms with Gasteiger partial charge in [-0.2, -0.15) is 0 Å². The van der Waals surface area contributed by atoms with Crippen LogP contribution in [0.15, 0.2) is 71.4 Å². The highest BCUT2D eigenvalue weighted by Gasteiger charge is 2.24. The highest BCUT2D eigenvalue weighted by molar-refractivity contribution is 6.36. The highest BCUT2D eigenvalue weighted by atomic mass is 35.5. The van der Waals surface area contributed by atoms with Gasteiger partial charge in [-0.05, 0) is 48.5 Å². The molecular formula is C25H19ClN4O3. The predicted octanol–water partition coefficient (Wildman–Crippen LogP) is 4.76. The molecule has 0 saturated heterocycles. The van der Waals surface area contributed by atoms with Gasteiger partial charge < -0.3 is 19.6 Å². The van der Waals surface area contributed by atoms with Gasteiger partial charge in [0.25, 0.3) is 11.8 Å². The Morgan fingerprint density at radius 1 is 1.21 bits per heavy atom. The van der Waals surface area contributed by atoms with E-state index in [0.717, 1.165) is 17.0 Å². The molecule has 0 unspecified atom stereocenters. The molecule has 2 amide bonds. The summed E-state index contributed by atoms with van der Waals surface area (Å²) in [6.07, 6.45) is 5.20. The number of rotatable bonds is 5. The Kier molecular flexibility index (Phi) is 5.32. The summed E-state index contributed by atoms with van der Waals surface area (Å²) in [4.78, 5) is 29.2. The molecule has 7 nitrogen and oxygen atoms in total. The minimum Gasteiger partial charge on any atom is -0.457 e. The average Bonchev–Trinajstić information content (AvgIpc) is 3.52. The molecule has 8 heteroatoms. The number of anilines is 1. The van der Waals surface area contributed by atoms with Gasteiger partial charge in [-0.15, -0.1) is 0 Å². The molecule has 0 fully saturated rings. The van der Waals surface area contributed by atoms with Crippen molar-refractivity contribution >= 4 is 40.8 Å². The summed E-state index contributed by atoms with van der Waals surface area (Å²) < 4.78 is 7.81. The number of benzene rings is 2. The van der Waals surface area contributed by atoms with E-state index in [9.17, 15) is 9.59 Å². The fourth-order valence-electron chi connectivity index (χ4n) is 3.67. The van der Waals surface area contributed by atoms with Crippen LogP contribution in [0, 0.1) is 0 Å². The lowest BCUT2D eigenvalue weighted by Crippen LogP contribution is -2.24. The summed E-state index contributed by atoms with van der Waals surface area (Å²) >= 11 is 6.10. The van der Waals surface area contributed by atoms with Crippen molar-refractivity contribution in [2.24, 2.45) is 7.05 Å². The summed E-state index contributed by atoms with van der Waals surface area (Å²) in [7, 11) is 1.88. The number of halogens is 1. The van der Waals surface area contributed by atoms with Gasteiger partial charge in [-0.25, -0.2) is 4.98 Å². The normalized spacial score (nSPS) is 13.8. The summed E-state index contributed by atoms with van der Waals surface area (Å²) in [5.41, 5.74) is 3.19. The molecule has 5 rings (SSSR count). The molecule has 164 valence electrons. The van der Waals surface area contributed by atoms with Gasteiger partial charge >= 0.3 is 0 Å². The van der Waals surface area contributed by atoms with Crippen LogP contribution in [0.1, 0.15) is 27.5 Å². The van der Waals surface area contributed by atoms with E-state index >= 15 is 0 Å². The number of nitrogens with zero attached hydrogens (tertiary/aromatic N) is 2. The van der Waals surface area contributed by atoms with E-state index in [4.69, 9.17) is 16.0 Å². The molecule has 3 heterocycles.